The van der Waals surface area contributed by atoms with Crippen LogP contribution in [0, 0.1) is 17.1 Å². The molecule has 20 heavy (non-hydrogen) atoms. The molecule has 0 radical (unpaired) electrons. The summed E-state index contributed by atoms with van der Waals surface area (Å²) in [5.74, 6) is -0.364. The number of halogens is 1. The Morgan fingerprint density at radius 1 is 1.20 bits per heavy atom. The lowest BCUT2D eigenvalue weighted by molar-refractivity contribution is -0.118. The predicted octanol–water partition coefficient (Wildman–Crippen LogP) is 2.71. The van der Waals surface area contributed by atoms with Gasteiger partial charge in [-0.2, -0.15) is 5.26 Å². The van der Waals surface area contributed by atoms with Gasteiger partial charge in [-0.3, -0.25) is 4.79 Å². The first-order chi connectivity index (χ1) is 9.69. The molecular weight excluding hydrogens is 259 g/mol. The zero-order valence-corrected chi connectivity index (χ0v) is 10.5. The molecule has 2 rings (SSSR count). The lowest BCUT2D eigenvalue weighted by Crippen LogP contribution is -2.20. The van der Waals surface area contributed by atoms with Crippen molar-refractivity contribution in [1.82, 2.24) is 0 Å². The molecule has 5 heteroatoms. The maximum Gasteiger partial charge on any atom is 0.262 e. The number of anilines is 1. The molecule has 1 amide bonds. The summed E-state index contributed by atoms with van der Waals surface area (Å²) in [6.45, 7) is -0.217. The van der Waals surface area contributed by atoms with E-state index in [1.54, 1.807) is 24.3 Å². The summed E-state index contributed by atoms with van der Waals surface area (Å²) in [5, 5.41) is 11.5. The van der Waals surface area contributed by atoms with Gasteiger partial charge >= 0.3 is 0 Å². The number of carbonyl (C=O) groups excluding carboxylic acids is 1. The van der Waals surface area contributed by atoms with Gasteiger partial charge in [0.05, 0.1) is 11.3 Å². The van der Waals surface area contributed by atoms with Crippen LogP contribution in [0.5, 0.6) is 5.75 Å². The average molecular weight is 270 g/mol. The third-order valence-corrected chi connectivity index (χ3v) is 2.51. The molecule has 0 aliphatic heterocycles. The summed E-state index contributed by atoms with van der Waals surface area (Å²) in [7, 11) is 0. The number of carbonyl (C=O) groups is 1. The first kappa shape index (κ1) is 13.6. The summed E-state index contributed by atoms with van der Waals surface area (Å²) < 4.78 is 17.9. The number of hydrogen-bond acceptors (Lipinski definition) is 3. The van der Waals surface area contributed by atoms with Crippen molar-refractivity contribution in [2.24, 2.45) is 0 Å². The standard InChI is InChI=1S/C15H11FN2O2/c16-12-5-7-13(8-6-12)20-10-15(19)18-14-4-2-1-3-11(14)9-17/h1-8H,10H2,(H,18,19). The van der Waals surface area contributed by atoms with Crippen LogP contribution in [0.25, 0.3) is 0 Å². The minimum Gasteiger partial charge on any atom is -0.484 e. The van der Waals surface area contributed by atoms with Crippen molar-refractivity contribution in [2.75, 3.05) is 11.9 Å². The third kappa shape index (κ3) is 3.56. The maximum absolute atomic E-state index is 12.7. The molecule has 0 aromatic heterocycles. The van der Waals surface area contributed by atoms with E-state index in [4.69, 9.17) is 10.00 Å². The van der Waals surface area contributed by atoms with Gasteiger partial charge < -0.3 is 10.1 Å². The molecule has 2 aromatic rings. The average Bonchev–Trinajstić information content (AvgIpc) is 2.47. The summed E-state index contributed by atoms with van der Waals surface area (Å²) in [5.41, 5.74) is 0.810. The largest absolute Gasteiger partial charge is 0.484 e. The Labute approximate surface area is 115 Å². The number of ether oxygens (including phenoxy) is 1. The summed E-state index contributed by atoms with van der Waals surface area (Å²) in [4.78, 5) is 11.7. The lowest BCUT2D eigenvalue weighted by atomic mass is 10.2. The first-order valence-corrected chi connectivity index (χ1v) is 5.86. The second-order valence-corrected chi connectivity index (χ2v) is 3.95. The molecule has 0 heterocycles. The van der Waals surface area contributed by atoms with E-state index in [0.717, 1.165) is 0 Å². The molecule has 0 unspecified atom stereocenters. The van der Waals surface area contributed by atoms with Gasteiger partial charge in [0.2, 0.25) is 0 Å². The van der Waals surface area contributed by atoms with Gasteiger partial charge in [0.25, 0.3) is 5.91 Å². The Balaban J connectivity index is 1.93. The van der Waals surface area contributed by atoms with Crippen LogP contribution in [0.2, 0.25) is 0 Å². The second-order valence-electron chi connectivity index (χ2n) is 3.95. The van der Waals surface area contributed by atoms with E-state index in [9.17, 15) is 9.18 Å². The van der Waals surface area contributed by atoms with Crippen LogP contribution in [0.15, 0.2) is 48.5 Å². The fourth-order valence-corrected chi connectivity index (χ4v) is 1.56. The molecule has 1 N–H and O–H groups in total. The van der Waals surface area contributed by atoms with E-state index in [1.807, 2.05) is 6.07 Å². The number of rotatable bonds is 4. The summed E-state index contributed by atoms with van der Waals surface area (Å²) in [6.07, 6.45) is 0. The molecule has 0 bridgehead atoms. The molecule has 100 valence electrons. The Hall–Kier alpha value is -2.87. The number of hydrogen-bond donors (Lipinski definition) is 1. The van der Waals surface area contributed by atoms with Gasteiger partial charge in [-0.15, -0.1) is 0 Å². The van der Waals surface area contributed by atoms with Crippen LogP contribution in [-0.4, -0.2) is 12.5 Å². The highest BCUT2D eigenvalue weighted by molar-refractivity contribution is 5.93. The highest BCUT2D eigenvalue weighted by atomic mass is 19.1. The fraction of sp³-hybridized carbons (Fsp3) is 0.0667. The van der Waals surface area contributed by atoms with Gasteiger partial charge in [0.15, 0.2) is 6.61 Å². The normalized spacial score (nSPS) is 9.60. The minimum atomic E-state index is -0.392. The van der Waals surface area contributed by atoms with Crippen molar-refractivity contribution >= 4 is 11.6 Å². The summed E-state index contributed by atoms with van der Waals surface area (Å²) >= 11 is 0. The van der Waals surface area contributed by atoms with E-state index in [1.165, 1.54) is 24.3 Å². The number of nitrogens with zero attached hydrogens (tertiary/aromatic N) is 1. The van der Waals surface area contributed by atoms with E-state index < -0.39 is 5.91 Å². The van der Waals surface area contributed by atoms with Crippen molar-refractivity contribution < 1.29 is 13.9 Å². The number of amides is 1. The summed E-state index contributed by atoms with van der Waals surface area (Å²) in [6, 6.07) is 14.0. The quantitative estimate of drug-likeness (QED) is 0.929. The van der Waals surface area contributed by atoms with E-state index in [-0.39, 0.29) is 12.4 Å². The topological polar surface area (TPSA) is 62.1 Å². The molecule has 0 saturated carbocycles. The van der Waals surface area contributed by atoms with Crippen molar-refractivity contribution in [3.05, 3.63) is 59.9 Å². The van der Waals surface area contributed by atoms with Gasteiger partial charge in [-0.25, -0.2) is 4.39 Å². The number of nitrogens with one attached hydrogen (secondary N) is 1. The van der Waals surface area contributed by atoms with Crippen LogP contribution in [0.1, 0.15) is 5.56 Å². The SMILES string of the molecule is N#Cc1ccccc1NC(=O)COc1ccc(F)cc1. The second kappa shape index (κ2) is 6.34. The number of nitriles is 1. The molecule has 0 atom stereocenters. The van der Waals surface area contributed by atoms with Gasteiger partial charge in [-0.05, 0) is 36.4 Å². The van der Waals surface area contributed by atoms with E-state index >= 15 is 0 Å². The van der Waals surface area contributed by atoms with Crippen LogP contribution in [-0.2, 0) is 4.79 Å². The molecule has 0 saturated heterocycles. The maximum atomic E-state index is 12.7. The zero-order valence-electron chi connectivity index (χ0n) is 10.5. The molecular formula is C15H11FN2O2. The van der Waals surface area contributed by atoms with E-state index in [2.05, 4.69) is 5.32 Å². The van der Waals surface area contributed by atoms with Crippen molar-refractivity contribution in [1.29, 1.82) is 5.26 Å². The highest BCUT2D eigenvalue weighted by Crippen LogP contribution is 2.14. The molecule has 0 spiro atoms. The highest BCUT2D eigenvalue weighted by Gasteiger charge is 2.07. The Bertz CT molecular complexity index is 648. The smallest absolute Gasteiger partial charge is 0.262 e. The Morgan fingerprint density at radius 3 is 2.60 bits per heavy atom. The first-order valence-electron chi connectivity index (χ1n) is 5.86. The molecule has 4 nitrogen and oxygen atoms in total. The molecule has 0 aliphatic carbocycles. The van der Waals surface area contributed by atoms with E-state index in [0.29, 0.717) is 17.0 Å². The van der Waals surface area contributed by atoms with Crippen molar-refractivity contribution in [3.63, 3.8) is 0 Å². The molecule has 2 aromatic carbocycles. The van der Waals surface area contributed by atoms with Crippen molar-refractivity contribution in [2.45, 2.75) is 0 Å². The monoisotopic (exact) mass is 270 g/mol. The van der Waals surface area contributed by atoms with Crippen LogP contribution < -0.4 is 10.1 Å². The molecule has 0 aliphatic rings. The fourth-order valence-electron chi connectivity index (χ4n) is 1.56. The Kier molecular flexibility index (Phi) is 4.30. The van der Waals surface area contributed by atoms with Gasteiger partial charge in [-0.1, -0.05) is 12.1 Å². The van der Waals surface area contributed by atoms with Gasteiger partial charge in [0, 0.05) is 0 Å². The predicted molar refractivity (Wildman–Crippen MR) is 71.7 cm³/mol. The van der Waals surface area contributed by atoms with Crippen LogP contribution in [0.3, 0.4) is 0 Å². The van der Waals surface area contributed by atoms with Gasteiger partial charge in [0.1, 0.15) is 17.6 Å². The lowest BCUT2D eigenvalue weighted by Gasteiger charge is -2.08. The number of para-hydroxylation sites is 1. The third-order valence-electron chi connectivity index (χ3n) is 2.51. The molecule has 0 fully saturated rings. The Morgan fingerprint density at radius 2 is 1.90 bits per heavy atom. The minimum absolute atomic E-state index is 0.217. The zero-order chi connectivity index (χ0) is 14.4. The van der Waals surface area contributed by atoms with Crippen LogP contribution >= 0.6 is 0 Å². The number of benzene rings is 2. The van der Waals surface area contributed by atoms with Crippen LogP contribution in [0.4, 0.5) is 10.1 Å². The van der Waals surface area contributed by atoms with Crippen molar-refractivity contribution in [3.8, 4) is 11.8 Å².